The molecule has 0 aromatic carbocycles. The van der Waals surface area contributed by atoms with Crippen LogP contribution in [-0.4, -0.2) is 38.5 Å². The molecule has 25 heavy (non-hydrogen) atoms. The highest BCUT2D eigenvalue weighted by Crippen LogP contribution is 2.40. The Hall–Kier alpha value is -1.63. The number of amides is 1. The SMILES string of the molecule is CCCCc1nn(CC(=O)NC2COC3(CCCC3)C2)c(=O)n1CC. The van der Waals surface area contributed by atoms with Gasteiger partial charge in [0, 0.05) is 13.0 Å². The maximum Gasteiger partial charge on any atom is 0.346 e. The van der Waals surface area contributed by atoms with Crippen LogP contribution in [0.2, 0.25) is 0 Å². The van der Waals surface area contributed by atoms with E-state index in [0.29, 0.717) is 13.2 Å². The zero-order valence-corrected chi connectivity index (χ0v) is 15.4. The van der Waals surface area contributed by atoms with E-state index in [1.54, 1.807) is 4.57 Å². The lowest BCUT2D eigenvalue weighted by molar-refractivity contribution is -0.122. The lowest BCUT2D eigenvalue weighted by Gasteiger charge is -2.21. The number of hydrogen-bond donors (Lipinski definition) is 1. The number of aromatic nitrogens is 3. The van der Waals surface area contributed by atoms with Crippen LogP contribution in [0, 0.1) is 0 Å². The van der Waals surface area contributed by atoms with Gasteiger partial charge in [-0.1, -0.05) is 26.2 Å². The molecule has 1 saturated heterocycles. The van der Waals surface area contributed by atoms with Crippen molar-refractivity contribution in [1.82, 2.24) is 19.7 Å². The van der Waals surface area contributed by atoms with Crippen molar-refractivity contribution in [3.63, 3.8) is 0 Å². The summed E-state index contributed by atoms with van der Waals surface area (Å²) in [6.45, 7) is 5.18. The van der Waals surface area contributed by atoms with Crippen molar-refractivity contribution in [1.29, 1.82) is 0 Å². The molecule has 7 nitrogen and oxygen atoms in total. The Bertz CT molecular complexity index is 658. The van der Waals surface area contributed by atoms with Gasteiger partial charge >= 0.3 is 5.69 Å². The van der Waals surface area contributed by atoms with E-state index >= 15 is 0 Å². The quantitative estimate of drug-likeness (QED) is 0.811. The first-order valence-corrected chi connectivity index (χ1v) is 9.67. The van der Waals surface area contributed by atoms with Gasteiger partial charge in [0.2, 0.25) is 5.91 Å². The molecule has 1 aromatic rings. The van der Waals surface area contributed by atoms with Gasteiger partial charge in [0.05, 0.1) is 18.2 Å². The Labute approximate surface area is 148 Å². The van der Waals surface area contributed by atoms with E-state index < -0.39 is 0 Å². The second kappa shape index (κ2) is 7.72. The third kappa shape index (κ3) is 3.97. The molecule has 1 unspecified atom stereocenters. The molecular formula is C18H30N4O3. The third-order valence-electron chi connectivity index (χ3n) is 5.45. The summed E-state index contributed by atoms with van der Waals surface area (Å²) >= 11 is 0. The molecule has 1 amide bonds. The van der Waals surface area contributed by atoms with Gasteiger partial charge in [-0.25, -0.2) is 9.48 Å². The van der Waals surface area contributed by atoms with E-state index in [1.807, 2.05) is 6.92 Å². The molecule has 2 heterocycles. The minimum Gasteiger partial charge on any atom is -0.373 e. The molecule has 0 bridgehead atoms. The van der Waals surface area contributed by atoms with Crippen molar-refractivity contribution >= 4 is 5.91 Å². The van der Waals surface area contributed by atoms with Crippen molar-refractivity contribution in [2.75, 3.05) is 6.61 Å². The second-order valence-electron chi connectivity index (χ2n) is 7.37. The molecule has 7 heteroatoms. The molecule has 1 aromatic heterocycles. The molecular weight excluding hydrogens is 320 g/mol. The number of hydrogen-bond acceptors (Lipinski definition) is 4. The summed E-state index contributed by atoms with van der Waals surface area (Å²) in [4.78, 5) is 24.8. The van der Waals surface area contributed by atoms with Crippen LogP contribution in [0.5, 0.6) is 0 Å². The Morgan fingerprint density at radius 2 is 2.12 bits per heavy atom. The van der Waals surface area contributed by atoms with Gasteiger partial charge < -0.3 is 10.1 Å². The predicted molar refractivity (Wildman–Crippen MR) is 94.5 cm³/mol. The smallest absolute Gasteiger partial charge is 0.346 e. The van der Waals surface area contributed by atoms with Crippen LogP contribution in [0.4, 0.5) is 0 Å². The van der Waals surface area contributed by atoms with Gasteiger partial charge in [0.1, 0.15) is 12.4 Å². The van der Waals surface area contributed by atoms with Crippen LogP contribution < -0.4 is 11.0 Å². The van der Waals surface area contributed by atoms with Crippen molar-refractivity contribution in [2.24, 2.45) is 0 Å². The molecule has 1 aliphatic heterocycles. The van der Waals surface area contributed by atoms with E-state index in [1.165, 1.54) is 17.5 Å². The fourth-order valence-electron chi connectivity index (χ4n) is 4.14. The van der Waals surface area contributed by atoms with Crippen LogP contribution in [0.25, 0.3) is 0 Å². The van der Waals surface area contributed by atoms with Gasteiger partial charge in [-0.05, 0) is 32.6 Å². The van der Waals surface area contributed by atoms with Crippen molar-refractivity contribution in [3.05, 3.63) is 16.3 Å². The van der Waals surface area contributed by atoms with Crippen molar-refractivity contribution in [2.45, 2.75) is 89.9 Å². The summed E-state index contributed by atoms with van der Waals surface area (Å²) in [5.74, 6) is 0.616. The molecule has 140 valence electrons. The van der Waals surface area contributed by atoms with Crippen LogP contribution >= 0.6 is 0 Å². The average Bonchev–Trinajstić information content (AvgIpc) is 3.28. The third-order valence-corrected chi connectivity index (χ3v) is 5.45. The fraction of sp³-hybridized carbons (Fsp3) is 0.833. The monoisotopic (exact) mass is 350 g/mol. The van der Waals surface area contributed by atoms with Gasteiger partial charge in [0.15, 0.2) is 0 Å². The highest BCUT2D eigenvalue weighted by molar-refractivity contribution is 5.76. The standard InChI is InChI=1S/C18H30N4O3/c1-3-5-8-15-20-22(17(24)21(15)4-2)12-16(23)19-14-11-18(25-13-14)9-6-7-10-18/h14H,3-13H2,1-2H3,(H,19,23). The molecule has 2 fully saturated rings. The van der Waals surface area contributed by atoms with Gasteiger partial charge in [-0.2, -0.15) is 5.10 Å². The van der Waals surface area contributed by atoms with Crippen molar-refractivity contribution < 1.29 is 9.53 Å². The summed E-state index contributed by atoms with van der Waals surface area (Å²) in [6.07, 6.45) is 8.32. The summed E-state index contributed by atoms with van der Waals surface area (Å²) in [6, 6.07) is 0.0501. The first-order valence-electron chi connectivity index (χ1n) is 9.67. The van der Waals surface area contributed by atoms with E-state index in [0.717, 1.165) is 44.3 Å². The van der Waals surface area contributed by atoms with E-state index in [-0.39, 0.29) is 29.8 Å². The van der Waals surface area contributed by atoms with E-state index in [9.17, 15) is 9.59 Å². The normalized spacial score (nSPS) is 21.9. The topological polar surface area (TPSA) is 78.2 Å². The van der Waals surface area contributed by atoms with Crippen LogP contribution in [0.3, 0.4) is 0 Å². The lowest BCUT2D eigenvalue weighted by Crippen LogP contribution is -2.40. The summed E-state index contributed by atoms with van der Waals surface area (Å²) in [5, 5.41) is 7.40. The first-order chi connectivity index (χ1) is 12.1. The minimum absolute atomic E-state index is 0.00804. The Kier molecular flexibility index (Phi) is 5.61. The largest absolute Gasteiger partial charge is 0.373 e. The summed E-state index contributed by atoms with van der Waals surface area (Å²) < 4.78 is 8.93. The molecule has 1 atom stereocenters. The molecule has 1 saturated carbocycles. The molecule has 1 aliphatic carbocycles. The van der Waals surface area contributed by atoms with Crippen molar-refractivity contribution in [3.8, 4) is 0 Å². The molecule has 1 N–H and O–H groups in total. The first kappa shape index (κ1) is 18.2. The second-order valence-corrected chi connectivity index (χ2v) is 7.37. The number of unbranched alkanes of at least 4 members (excludes halogenated alkanes) is 1. The number of carbonyl (C=O) groups excluding carboxylic acids is 1. The molecule has 2 aliphatic rings. The zero-order valence-electron chi connectivity index (χ0n) is 15.4. The van der Waals surface area contributed by atoms with Crippen LogP contribution in [0.1, 0.15) is 64.6 Å². The van der Waals surface area contributed by atoms with E-state index in [2.05, 4.69) is 17.3 Å². The number of aryl methyl sites for hydroxylation is 1. The number of nitrogens with zero attached hydrogens (tertiary/aromatic N) is 3. The van der Waals surface area contributed by atoms with Gasteiger partial charge in [-0.3, -0.25) is 9.36 Å². The minimum atomic E-state index is -0.196. The van der Waals surface area contributed by atoms with Crippen LogP contribution in [-0.2, 0) is 29.0 Å². The average molecular weight is 350 g/mol. The highest BCUT2D eigenvalue weighted by Gasteiger charge is 2.42. The van der Waals surface area contributed by atoms with Gasteiger partial charge in [0.25, 0.3) is 0 Å². The Morgan fingerprint density at radius 1 is 1.36 bits per heavy atom. The highest BCUT2D eigenvalue weighted by atomic mass is 16.5. The Morgan fingerprint density at radius 3 is 2.80 bits per heavy atom. The van der Waals surface area contributed by atoms with E-state index in [4.69, 9.17) is 4.74 Å². The summed E-state index contributed by atoms with van der Waals surface area (Å²) in [7, 11) is 0. The predicted octanol–water partition coefficient (Wildman–Crippen LogP) is 1.63. The maximum absolute atomic E-state index is 12.4. The number of nitrogens with one attached hydrogen (secondary N) is 1. The van der Waals surface area contributed by atoms with Crippen LogP contribution in [0.15, 0.2) is 4.79 Å². The molecule has 3 rings (SSSR count). The number of carbonyl (C=O) groups is 1. The molecule has 0 radical (unpaired) electrons. The Balaban J connectivity index is 1.59. The zero-order chi connectivity index (χ0) is 17.9. The molecule has 1 spiro atoms. The summed E-state index contributed by atoms with van der Waals surface area (Å²) in [5.41, 5.74) is -0.204. The van der Waals surface area contributed by atoms with Gasteiger partial charge in [-0.15, -0.1) is 0 Å². The number of rotatable bonds is 7. The fourth-order valence-corrected chi connectivity index (χ4v) is 4.14. The maximum atomic E-state index is 12.4. The lowest BCUT2D eigenvalue weighted by atomic mass is 9.96. The number of ether oxygens (including phenoxy) is 1.